The van der Waals surface area contributed by atoms with Gasteiger partial charge in [0.1, 0.15) is 23.7 Å². The second kappa shape index (κ2) is 8.75. The zero-order chi connectivity index (χ0) is 23.9. The Kier molecular flexibility index (Phi) is 7.41. The Morgan fingerprint density at radius 1 is 1.29 bits per heavy atom. The molecule has 0 aliphatic carbocycles. The first kappa shape index (κ1) is 26.3. The lowest BCUT2D eigenvalue weighted by Gasteiger charge is -2.36. The molecule has 2 unspecified atom stereocenters. The molecule has 0 aromatic heterocycles. The molecule has 31 heavy (non-hydrogen) atoms. The number of alkyl halides is 1. The molecular weight excluding hydrogens is 492 g/mol. The fourth-order valence-corrected chi connectivity index (χ4v) is 6.01. The van der Waals surface area contributed by atoms with Crippen LogP contribution in [0.4, 0.5) is 4.39 Å². The highest BCUT2D eigenvalue weighted by molar-refractivity contribution is 7.66. The van der Waals surface area contributed by atoms with Gasteiger partial charge >= 0.3 is 23.5 Å². The normalized spacial score (nSPS) is 33.1. The minimum absolute atomic E-state index is 0.0136. The first-order valence-electron chi connectivity index (χ1n) is 8.10. The summed E-state index contributed by atoms with van der Waals surface area (Å²) in [5.41, 5.74) is -3.87. The zero-order valence-corrected chi connectivity index (χ0v) is 18.4. The minimum Gasteiger partial charge on any atom is -0.385 e. The Labute approximate surface area is 174 Å². The third-order valence-corrected chi connectivity index (χ3v) is 7.72. The Hall–Kier alpha value is -0.990. The number of phosphoric acid groups is 3. The third kappa shape index (κ3) is 6.99. The van der Waals surface area contributed by atoms with Crippen LogP contribution in [0.1, 0.15) is 13.3 Å². The van der Waals surface area contributed by atoms with Crippen molar-refractivity contribution in [1.82, 2.24) is 10.2 Å². The molecule has 0 aromatic carbocycles. The van der Waals surface area contributed by atoms with Crippen LogP contribution in [0.5, 0.6) is 0 Å². The number of amides is 1. The van der Waals surface area contributed by atoms with Crippen molar-refractivity contribution in [2.75, 3.05) is 13.3 Å². The monoisotopic (exact) mass is 512 g/mol. The minimum atomic E-state index is -5.76. The number of nitrogens with zero attached hydrogens (tertiary/aromatic N) is 1. The van der Waals surface area contributed by atoms with E-state index in [9.17, 15) is 32.9 Å². The summed E-state index contributed by atoms with van der Waals surface area (Å²) in [6, 6.07) is 0. The van der Waals surface area contributed by atoms with Gasteiger partial charge in [-0.2, -0.15) is 8.62 Å². The van der Waals surface area contributed by atoms with E-state index in [1.807, 2.05) is 0 Å². The molecule has 2 rings (SSSR count). The third-order valence-electron chi connectivity index (χ3n) is 3.94. The topological polar surface area (TPSA) is 222 Å². The molecule has 0 radical (unpaired) electrons. The SMILES string of the molecule is C=C1NC(=O)C=CN1[C@@H]1O[C@](CF)(COP(=O)(O)OP(=O)(O)OP(=O)(O)O)C[C@@]1(C)O. The van der Waals surface area contributed by atoms with E-state index in [-0.39, 0.29) is 5.82 Å². The summed E-state index contributed by atoms with van der Waals surface area (Å²) in [6.07, 6.45) is 0.437. The number of phosphoric ester groups is 1. The molecule has 6 N–H and O–H groups in total. The van der Waals surface area contributed by atoms with Gasteiger partial charge in [0.2, 0.25) is 0 Å². The maximum atomic E-state index is 13.8. The molecule has 178 valence electrons. The van der Waals surface area contributed by atoms with Gasteiger partial charge in [-0.15, -0.1) is 0 Å². The van der Waals surface area contributed by atoms with Gasteiger partial charge in [-0.1, -0.05) is 6.58 Å². The van der Waals surface area contributed by atoms with Gasteiger partial charge in [0.05, 0.1) is 6.61 Å². The number of rotatable bonds is 9. The Balaban J connectivity index is 2.14. The van der Waals surface area contributed by atoms with E-state index in [0.29, 0.717) is 0 Å². The summed E-state index contributed by atoms with van der Waals surface area (Å²) in [4.78, 5) is 48.2. The van der Waals surface area contributed by atoms with Gasteiger partial charge < -0.3 is 39.6 Å². The van der Waals surface area contributed by atoms with Crippen molar-refractivity contribution in [3.8, 4) is 0 Å². The predicted molar refractivity (Wildman–Crippen MR) is 96.9 cm³/mol. The van der Waals surface area contributed by atoms with E-state index in [4.69, 9.17) is 19.4 Å². The van der Waals surface area contributed by atoms with Crippen LogP contribution in [-0.4, -0.2) is 66.2 Å². The highest BCUT2D eigenvalue weighted by Gasteiger charge is 2.56. The van der Waals surface area contributed by atoms with Crippen molar-refractivity contribution in [3.63, 3.8) is 0 Å². The summed E-state index contributed by atoms with van der Waals surface area (Å²) in [6.45, 7) is 2.35. The van der Waals surface area contributed by atoms with Crippen molar-refractivity contribution in [3.05, 3.63) is 24.7 Å². The summed E-state index contributed by atoms with van der Waals surface area (Å²) >= 11 is 0. The van der Waals surface area contributed by atoms with Crippen molar-refractivity contribution in [2.45, 2.75) is 30.8 Å². The van der Waals surface area contributed by atoms with Gasteiger partial charge in [-0.05, 0) is 6.92 Å². The average molecular weight is 512 g/mol. The lowest BCUT2D eigenvalue weighted by atomic mass is 9.92. The van der Waals surface area contributed by atoms with Crippen LogP contribution in [0.3, 0.4) is 0 Å². The fourth-order valence-electron chi connectivity index (χ4n) is 2.91. The molecule has 5 atom stereocenters. The summed E-state index contributed by atoms with van der Waals surface area (Å²) < 4.78 is 64.8. The molecule has 1 amide bonds. The van der Waals surface area contributed by atoms with Crippen LogP contribution in [0.25, 0.3) is 0 Å². The molecule has 2 aliphatic rings. The van der Waals surface area contributed by atoms with Crippen LogP contribution < -0.4 is 5.32 Å². The van der Waals surface area contributed by atoms with Crippen molar-refractivity contribution >= 4 is 29.4 Å². The molecule has 2 aliphatic heterocycles. The zero-order valence-electron chi connectivity index (χ0n) is 15.7. The van der Waals surface area contributed by atoms with Crippen molar-refractivity contribution in [2.24, 2.45) is 0 Å². The molecule has 2 heterocycles. The van der Waals surface area contributed by atoms with Crippen LogP contribution >= 0.6 is 23.5 Å². The van der Waals surface area contributed by atoms with Crippen LogP contribution in [0.2, 0.25) is 0 Å². The quantitative estimate of drug-likeness (QED) is 0.223. The number of hydrogen-bond acceptors (Lipinski definition) is 10. The lowest BCUT2D eigenvalue weighted by Crippen LogP contribution is -2.50. The largest absolute Gasteiger partial charge is 0.490 e. The molecule has 1 fully saturated rings. The number of hydrogen-bond donors (Lipinski definition) is 6. The van der Waals surface area contributed by atoms with E-state index >= 15 is 0 Å². The van der Waals surface area contributed by atoms with Crippen LogP contribution in [0.15, 0.2) is 24.7 Å². The molecule has 0 spiro atoms. The molecular formula is C12H20FN2O13P3. The molecule has 15 nitrogen and oxygen atoms in total. The Morgan fingerprint density at radius 3 is 2.42 bits per heavy atom. The van der Waals surface area contributed by atoms with Gasteiger partial charge in [-0.3, -0.25) is 9.32 Å². The number of ether oxygens (including phenoxy) is 1. The molecule has 0 saturated carbocycles. The van der Waals surface area contributed by atoms with E-state index in [1.165, 1.54) is 18.0 Å². The highest BCUT2D eigenvalue weighted by Crippen LogP contribution is 2.66. The Bertz CT molecular complexity index is 919. The first-order valence-corrected chi connectivity index (χ1v) is 12.6. The predicted octanol–water partition coefficient (Wildman–Crippen LogP) is -0.0479. The highest BCUT2D eigenvalue weighted by atomic mass is 31.3. The summed E-state index contributed by atoms with van der Waals surface area (Å²) in [7, 11) is -16.9. The van der Waals surface area contributed by atoms with Gasteiger partial charge in [0, 0.05) is 18.7 Å². The average Bonchev–Trinajstić information content (AvgIpc) is 2.81. The standard InChI is InChI=1S/C12H20FN2O13P3/c1-8-14-9(16)3-4-15(8)10-11(2,17)5-12(6-13,26-10)7-25-30(21,22)28-31(23,24)27-29(18,19)20/h3-4,10,17H,1,5-7H2,2H3,(H,14,16)(H,21,22)(H,23,24)(H2,18,19,20)/t10-,11-,12-/m1/s1. The van der Waals surface area contributed by atoms with Gasteiger partial charge in [-0.25, -0.2) is 18.1 Å². The fraction of sp³-hybridized carbons (Fsp3) is 0.583. The lowest BCUT2D eigenvalue weighted by molar-refractivity contribution is -0.144. The van der Waals surface area contributed by atoms with E-state index < -0.39 is 66.5 Å². The second-order valence-corrected chi connectivity index (χ2v) is 11.3. The number of carbonyl (C=O) groups is 1. The number of carbonyl (C=O) groups excluding carboxylic acids is 1. The van der Waals surface area contributed by atoms with Crippen molar-refractivity contribution < 1.29 is 65.4 Å². The maximum Gasteiger partial charge on any atom is 0.490 e. The molecule has 1 saturated heterocycles. The first-order chi connectivity index (χ1) is 13.9. The summed E-state index contributed by atoms with van der Waals surface area (Å²) in [5.74, 6) is -0.524. The van der Waals surface area contributed by atoms with Crippen LogP contribution in [-0.2, 0) is 36.4 Å². The van der Waals surface area contributed by atoms with E-state index in [2.05, 4.69) is 25.0 Å². The van der Waals surface area contributed by atoms with E-state index in [1.54, 1.807) is 0 Å². The second-order valence-electron chi connectivity index (χ2n) is 6.84. The summed E-state index contributed by atoms with van der Waals surface area (Å²) in [5, 5.41) is 13.0. The van der Waals surface area contributed by atoms with E-state index in [0.717, 1.165) is 6.08 Å². The number of halogens is 1. The Morgan fingerprint density at radius 2 is 1.90 bits per heavy atom. The van der Waals surface area contributed by atoms with Crippen LogP contribution in [0, 0.1) is 0 Å². The molecule has 19 heteroatoms. The molecule has 0 bridgehead atoms. The smallest absolute Gasteiger partial charge is 0.385 e. The van der Waals surface area contributed by atoms with Crippen molar-refractivity contribution in [1.29, 1.82) is 0 Å². The van der Waals surface area contributed by atoms with Gasteiger partial charge in [0.15, 0.2) is 6.23 Å². The number of aliphatic hydroxyl groups is 1. The van der Waals surface area contributed by atoms with Gasteiger partial charge in [0.25, 0.3) is 5.91 Å². The number of nitrogens with one attached hydrogen (secondary N) is 1. The maximum absolute atomic E-state index is 13.8. The molecule has 0 aromatic rings.